The molecule has 0 aliphatic carbocycles. The molecule has 1 N–H and O–H groups in total. The molecule has 0 radical (unpaired) electrons. The Morgan fingerprint density at radius 2 is 1.76 bits per heavy atom. The second kappa shape index (κ2) is 6.89. The van der Waals surface area contributed by atoms with Crippen molar-refractivity contribution < 1.29 is 19.4 Å². The van der Waals surface area contributed by atoms with E-state index in [1.165, 1.54) is 0 Å². The van der Waals surface area contributed by atoms with Crippen LogP contribution in [0.4, 0.5) is 0 Å². The number of ether oxygens (including phenoxy) is 2. The highest BCUT2D eigenvalue weighted by Crippen LogP contribution is 2.37. The summed E-state index contributed by atoms with van der Waals surface area (Å²) in [5.74, 6) is 0.141. The zero-order valence-corrected chi connectivity index (χ0v) is 14.5. The van der Waals surface area contributed by atoms with Crippen LogP contribution in [0.25, 0.3) is 10.9 Å². The highest BCUT2D eigenvalue weighted by molar-refractivity contribution is 5.86. The van der Waals surface area contributed by atoms with Gasteiger partial charge in [0.05, 0.1) is 20.6 Å². The zero-order chi connectivity index (χ0) is 18.0. The molecular weight excluding hydrogens is 318 g/mol. The summed E-state index contributed by atoms with van der Waals surface area (Å²) in [6, 6.07) is 13.5. The Labute approximate surface area is 146 Å². The third-order valence-electron chi connectivity index (χ3n) is 4.46. The van der Waals surface area contributed by atoms with E-state index in [2.05, 4.69) is 0 Å². The third kappa shape index (κ3) is 3.31. The van der Waals surface area contributed by atoms with Gasteiger partial charge < -0.3 is 19.1 Å². The van der Waals surface area contributed by atoms with Gasteiger partial charge in [0.25, 0.3) is 0 Å². The number of aryl methyl sites for hydroxylation is 1. The Hall–Kier alpha value is -2.95. The molecule has 1 unspecified atom stereocenters. The molecule has 5 nitrogen and oxygen atoms in total. The number of aromatic nitrogens is 1. The van der Waals surface area contributed by atoms with Gasteiger partial charge >= 0.3 is 5.97 Å². The molecular formula is C20H21NO4. The number of carboxylic acids is 1. The first kappa shape index (κ1) is 16.9. The number of carboxylic acid groups (broad SMARTS) is 1. The summed E-state index contributed by atoms with van der Waals surface area (Å²) in [4.78, 5) is 11.5. The van der Waals surface area contributed by atoms with Crippen LogP contribution in [0.1, 0.15) is 23.5 Å². The average molecular weight is 339 g/mol. The summed E-state index contributed by atoms with van der Waals surface area (Å²) >= 11 is 0. The molecule has 0 saturated carbocycles. The molecule has 25 heavy (non-hydrogen) atoms. The van der Waals surface area contributed by atoms with Gasteiger partial charge in [-0.05, 0) is 29.3 Å². The van der Waals surface area contributed by atoms with Crippen molar-refractivity contribution in [3.05, 3.63) is 59.8 Å². The van der Waals surface area contributed by atoms with Gasteiger partial charge in [0.1, 0.15) is 11.5 Å². The van der Waals surface area contributed by atoms with E-state index < -0.39 is 5.97 Å². The number of nitrogens with zero attached hydrogens (tertiary/aromatic N) is 1. The molecule has 2 aromatic carbocycles. The quantitative estimate of drug-likeness (QED) is 0.742. The van der Waals surface area contributed by atoms with Crippen molar-refractivity contribution in [2.75, 3.05) is 14.2 Å². The number of carbonyl (C=O) groups is 1. The van der Waals surface area contributed by atoms with E-state index in [1.807, 2.05) is 54.2 Å². The molecule has 1 atom stereocenters. The molecule has 0 spiro atoms. The minimum Gasteiger partial charge on any atom is -0.497 e. The van der Waals surface area contributed by atoms with Crippen LogP contribution in [-0.2, 0) is 11.8 Å². The van der Waals surface area contributed by atoms with Crippen LogP contribution in [0.2, 0.25) is 0 Å². The first-order valence-electron chi connectivity index (χ1n) is 8.02. The molecule has 0 amide bonds. The molecule has 0 bridgehead atoms. The zero-order valence-electron chi connectivity index (χ0n) is 14.5. The maximum absolute atomic E-state index is 11.5. The molecule has 130 valence electrons. The van der Waals surface area contributed by atoms with Crippen LogP contribution < -0.4 is 9.47 Å². The average Bonchev–Trinajstić information content (AvgIpc) is 2.96. The van der Waals surface area contributed by atoms with Crippen LogP contribution in [0.15, 0.2) is 48.7 Å². The molecule has 5 heteroatoms. The lowest BCUT2D eigenvalue weighted by Crippen LogP contribution is -2.08. The van der Waals surface area contributed by atoms with Gasteiger partial charge in [-0.1, -0.05) is 18.2 Å². The van der Waals surface area contributed by atoms with E-state index >= 15 is 0 Å². The van der Waals surface area contributed by atoms with Crippen molar-refractivity contribution in [2.24, 2.45) is 7.05 Å². The van der Waals surface area contributed by atoms with Crippen LogP contribution in [0, 0.1) is 0 Å². The third-order valence-corrected chi connectivity index (χ3v) is 4.46. The Kier molecular flexibility index (Phi) is 4.65. The number of hydrogen-bond donors (Lipinski definition) is 1. The van der Waals surface area contributed by atoms with Crippen molar-refractivity contribution in [1.82, 2.24) is 4.57 Å². The Morgan fingerprint density at radius 1 is 1.12 bits per heavy atom. The van der Waals surface area contributed by atoms with Crippen molar-refractivity contribution in [3.63, 3.8) is 0 Å². The lowest BCUT2D eigenvalue weighted by Gasteiger charge is -2.17. The lowest BCUT2D eigenvalue weighted by atomic mass is 9.88. The molecule has 1 heterocycles. The van der Waals surface area contributed by atoms with E-state index in [4.69, 9.17) is 9.47 Å². The van der Waals surface area contributed by atoms with Gasteiger partial charge in [-0.2, -0.15) is 0 Å². The smallest absolute Gasteiger partial charge is 0.304 e. The van der Waals surface area contributed by atoms with Crippen molar-refractivity contribution in [2.45, 2.75) is 12.3 Å². The highest BCUT2D eigenvalue weighted by atomic mass is 16.5. The van der Waals surface area contributed by atoms with E-state index in [0.717, 1.165) is 22.0 Å². The fourth-order valence-corrected chi connectivity index (χ4v) is 3.26. The number of hydrogen-bond acceptors (Lipinski definition) is 3. The molecule has 0 aliphatic rings. The first-order chi connectivity index (χ1) is 12.0. The number of methoxy groups -OCH3 is 2. The first-order valence-corrected chi connectivity index (χ1v) is 8.02. The minimum absolute atomic E-state index is 0.00959. The van der Waals surface area contributed by atoms with E-state index in [1.54, 1.807) is 20.3 Å². The molecule has 3 rings (SSSR count). The van der Waals surface area contributed by atoms with Crippen LogP contribution >= 0.6 is 0 Å². The van der Waals surface area contributed by atoms with Crippen LogP contribution in [0.3, 0.4) is 0 Å². The summed E-state index contributed by atoms with van der Waals surface area (Å²) < 4.78 is 12.7. The Bertz CT molecular complexity index is 891. The van der Waals surface area contributed by atoms with Gasteiger partial charge in [0.15, 0.2) is 0 Å². The Morgan fingerprint density at radius 3 is 2.36 bits per heavy atom. The SMILES string of the molecule is COc1cc(OC)cc(C(CC(=O)O)c2cn(C)c3ccccc23)c1. The summed E-state index contributed by atoms with van der Waals surface area (Å²) in [5, 5.41) is 10.5. The topological polar surface area (TPSA) is 60.7 Å². The summed E-state index contributed by atoms with van der Waals surface area (Å²) in [5.41, 5.74) is 2.91. The molecule has 3 aromatic rings. The molecule has 0 aliphatic heterocycles. The van der Waals surface area contributed by atoms with Crippen molar-refractivity contribution >= 4 is 16.9 Å². The molecule has 1 aromatic heterocycles. The molecule has 0 fully saturated rings. The predicted molar refractivity (Wildman–Crippen MR) is 96.6 cm³/mol. The number of rotatable bonds is 6. The van der Waals surface area contributed by atoms with Crippen LogP contribution in [0.5, 0.6) is 11.5 Å². The van der Waals surface area contributed by atoms with Gasteiger partial charge in [-0.3, -0.25) is 4.79 Å². The number of benzene rings is 2. The van der Waals surface area contributed by atoms with E-state index in [0.29, 0.717) is 11.5 Å². The van der Waals surface area contributed by atoms with E-state index in [9.17, 15) is 9.90 Å². The van der Waals surface area contributed by atoms with Gasteiger partial charge in [-0.15, -0.1) is 0 Å². The number of aliphatic carboxylic acids is 1. The minimum atomic E-state index is -0.847. The van der Waals surface area contributed by atoms with E-state index in [-0.39, 0.29) is 12.3 Å². The van der Waals surface area contributed by atoms with Gasteiger partial charge in [0.2, 0.25) is 0 Å². The summed E-state index contributed by atoms with van der Waals surface area (Å²) in [7, 11) is 5.14. The highest BCUT2D eigenvalue weighted by Gasteiger charge is 2.23. The largest absolute Gasteiger partial charge is 0.497 e. The van der Waals surface area contributed by atoms with Gasteiger partial charge in [-0.25, -0.2) is 0 Å². The normalized spacial score (nSPS) is 12.1. The predicted octanol–water partition coefficient (Wildman–Crippen LogP) is 3.80. The molecule has 0 saturated heterocycles. The maximum Gasteiger partial charge on any atom is 0.304 e. The number of para-hydroxylation sites is 1. The van der Waals surface area contributed by atoms with Crippen molar-refractivity contribution in [1.29, 1.82) is 0 Å². The fourth-order valence-electron chi connectivity index (χ4n) is 3.26. The lowest BCUT2D eigenvalue weighted by molar-refractivity contribution is -0.137. The van der Waals surface area contributed by atoms with Crippen LogP contribution in [-0.4, -0.2) is 29.9 Å². The van der Waals surface area contributed by atoms with Crippen molar-refractivity contribution in [3.8, 4) is 11.5 Å². The summed E-state index contributed by atoms with van der Waals surface area (Å²) in [6.45, 7) is 0. The standard InChI is InChI=1S/C20H21NO4/c1-21-12-18(16-6-4-5-7-19(16)21)17(11-20(22)23)13-8-14(24-2)10-15(9-13)25-3/h4-10,12,17H,11H2,1-3H3,(H,22,23). The maximum atomic E-state index is 11.5. The second-order valence-electron chi connectivity index (χ2n) is 6.01. The van der Waals surface area contributed by atoms with Gasteiger partial charge in [0, 0.05) is 36.1 Å². The second-order valence-corrected chi connectivity index (χ2v) is 6.01. The summed E-state index contributed by atoms with van der Waals surface area (Å²) in [6.07, 6.45) is 1.99. The Balaban J connectivity index is 2.19. The fraction of sp³-hybridized carbons (Fsp3) is 0.250. The monoisotopic (exact) mass is 339 g/mol. The number of fused-ring (bicyclic) bond motifs is 1.